The number of halogens is 2. The van der Waals surface area contributed by atoms with E-state index < -0.39 is 0 Å². The van der Waals surface area contributed by atoms with Crippen LogP contribution in [-0.4, -0.2) is 36.9 Å². The van der Waals surface area contributed by atoms with Crippen molar-refractivity contribution in [2.45, 2.75) is 0 Å². The van der Waals surface area contributed by atoms with E-state index in [4.69, 9.17) is 16.3 Å². The number of anilines is 1. The second-order valence-corrected chi connectivity index (χ2v) is 6.12. The van der Waals surface area contributed by atoms with Crippen LogP contribution in [0.3, 0.4) is 0 Å². The van der Waals surface area contributed by atoms with E-state index in [1.54, 1.807) is 20.4 Å². The number of fused-ring (bicyclic) bond motifs is 1. The van der Waals surface area contributed by atoms with E-state index in [2.05, 4.69) is 49.4 Å². The van der Waals surface area contributed by atoms with Crippen molar-refractivity contribution < 1.29 is 4.74 Å². The minimum Gasteiger partial charge on any atom is -0.496 e. The highest BCUT2D eigenvalue weighted by molar-refractivity contribution is 14.1. The van der Waals surface area contributed by atoms with Gasteiger partial charge in [0.25, 0.3) is 0 Å². The van der Waals surface area contributed by atoms with Gasteiger partial charge >= 0.3 is 0 Å². The Kier molecular flexibility index (Phi) is 6.35. The molecule has 0 atom stereocenters. The summed E-state index contributed by atoms with van der Waals surface area (Å²) in [6.45, 7) is 4.51. The molecule has 2 aromatic rings. The van der Waals surface area contributed by atoms with Crippen molar-refractivity contribution in [2.75, 3.05) is 26.0 Å². The van der Waals surface area contributed by atoms with Gasteiger partial charge in [-0.05, 0) is 58.0 Å². The van der Waals surface area contributed by atoms with Gasteiger partial charge in [0.1, 0.15) is 11.6 Å². The van der Waals surface area contributed by atoms with E-state index in [0.717, 1.165) is 25.8 Å². The zero-order valence-electron chi connectivity index (χ0n) is 12.8. The summed E-state index contributed by atoms with van der Waals surface area (Å²) in [6.07, 6.45) is 5.42. The molecule has 0 bridgehead atoms. The van der Waals surface area contributed by atoms with Crippen molar-refractivity contribution in [1.29, 1.82) is 0 Å². The van der Waals surface area contributed by atoms with Gasteiger partial charge in [0, 0.05) is 25.2 Å². The molecule has 120 valence electrons. The van der Waals surface area contributed by atoms with Crippen LogP contribution in [0.2, 0.25) is 5.28 Å². The first-order valence-electron chi connectivity index (χ1n) is 6.76. The van der Waals surface area contributed by atoms with Gasteiger partial charge in [-0.1, -0.05) is 12.7 Å². The normalized spacial score (nSPS) is 11.5. The molecule has 0 spiro atoms. The SMILES string of the molecule is C=C(/C=C\C=N/C)CNc1nc(Cl)nc2cc(I)c(OC)cc12. The summed E-state index contributed by atoms with van der Waals surface area (Å²) in [5, 5.41) is 4.28. The van der Waals surface area contributed by atoms with Crippen LogP contribution in [0.5, 0.6) is 5.75 Å². The molecule has 2 rings (SSSR count). The fraction of sp³-hybridized carbons (Fsp3) is 0.188. The summed E-state index contributed by atoms with van der Waals surface area (Å²) >= 11 is 8.22. The van der Waals surface area contributed by atoms with Gasteiger partial charge in [0.05, 0.1) is 16.2 Å². The van der Waals surface area contributed by atoms with Crippen LogP contribution in [-0.2, 0) is 0 Å². The highest BCUT2D eigenvalue weighted by atomic mass is 127. The molecule has 23 heavy (non-hydrogen) atoms. The number of hydrogen-bond donors (Lipinski definition) is 1. The number of benzene rings is 1. The first kappa shape index (κ1) is 17.7. The molecule has 0 aliphatic rings. The molecule has 1 heterocycles. The standard InChI is InChI=1S/C16H16ClIN4O/c1-10(5-4-6-19-2)9-20-15-11-7-14(23-3)12(18)8-13(11)21-16(17)22-15/h4-8H,1,9H2,2-3H3,(H,20,21,22)/b5-4-,19-6-. The lowest BCUT2D eigenvalue weighted by atomic mass is 10.2. The van der Waals surface area contributed by atoms with Crippen molar-refractivity contribution in [3.63, 3.8) is 0 Å². The van der Waals surface area contributed by atoms with Gasteiger partial charge in [0.15, 0.2) is 0 Å². The van der Waals surface area contributed by atoms with Gasteiger partial charge in [-0.3, -0.25) is 4.99 Å². The second kappa shape index (κ2) is 8.26. The second-order valence-electron chi connectivity index (χ2n) is 4.62. The maximum atomic E-state index is 6.02. The summed E-state index contributed by atoms with van der Waals surface area (Å²) in [6, 6.07) is 3.82. The van der Waals surface area contributed by atoms with Gasteiger partial charge in [0.2, 0.25) is 5.28 Å². The molecule has 0 saturated heterocycles. The molecule has 0 aliphatic carbocycles. The Morgan fingerprint density at radius 1 is 1.48 bits per heavy atom. The van der Waals surface area contributed by atoms with Crippen molar-refractivity contribution in [3.05, 3.63) is 45.3 Å². The monoisotopic (exact) mass is 442 g/mol. The summed E-state index contributed by atoms with van der Waals surface area (Å²) < 4.78 is 6.32. The Labute approximate surface area is 153 Å². The predicted octanol–water partition coefficient (Wildman–Crippen LogP) is 4.12. The Balaban J connectivity index is 2.30. The van der Waals surface area contributed by atoms with Crippen LogP contribution in [0.4, 0.5) is 5.82 Å². The smallest absolute Gasteiger partial charge is 0.224 e. The number of nitrogens with one attached hydrogen (secondary N) is 1. The molecule has 0 unspecified atom stereocenters. The summed E-state index contributed by atoms with van der Waals surface area (Å²) in [5.41, 5.74) is 1.65. The Hall–Kier alpha value is -1.67. The van der Waals surface area contributed by atoms with Crippen molar-refractivity contribution in [1.82, 2.24) is 9.97 Å². The molecule has 7 heteroatoms. The van der Waals surface area contributed by atoms with Crippen molar-refractivity contribution >= 4 is 57.1 Å². The topological polar surface area (TPSA) is 59.4 Å². The Morgan fingerprint density at radius 3 is 2.96 bits per heavy atom. The fourth-order valence-electron chi connectivity index (χ4n) is 1.91. The first-order chi connectivity index (χ1) is 11.0. The lowest BCUT2D eigenvalue weighted by Crippen LogP contribution is -2.06. The van der Waals surface area contributed by atoms with Gasteiger partial charge in [-0.15, -0.1) is 0 Å². The highest BCUT2D eigenvalue weighted by Crippen LogP contribution is 2.30. The summed E-state index contributed by atoms with van der Waals surface area (Å²) in [4.78, 5) is 12.4. The van der Waals surface area contributed by atoms with Crippen LogP contribution < -0.4 is 10.1 Å². The number of hydrogen-bond acceptors (Lipinski definition) is 5. The lowest BCUT2D eigenvalue weighted by Gasteiger charge is -2.11. The highest BCUT2D eigenvalue weighted by Gasteiger charge is 2.11. The maximum absolute atomic E-state index is 6.02. The molecule has 1 N–H and O–H groups in total. The van der Waals surface area contributed by atoms with Crippen molar-refractivity contribution in [3.8, 4) is 5.75 Å². The zero-order valence-corrected chi connectivity index (χ0v) is 15.7. The number of nitrogens with zero attached hydrogens (tertiary/aromatic N) is 3. The van der Waals surface area contributed by atoms with Crippen LogP contribution in [0.25, 0.3) is 10.9 Å². The average molecular weight is 443 g/mol. The van der Waals surface area contributed by atoms with E-state index >= 15 is 0 Å². The average Bonchev–Trinajstić information content (AvgIpc) is 2.52. The van der Waals surface area contributed by atoms with Gasteiger partial charge < -0.3 is 10.1 Å². The Bertz CT molecular complexity index is 789. The fourth-order valence-corrected chi connectivity index (χ4v) is 2.76. The number of aliphatic imine (C=N–C) groups is 1. The van der Waals surface area contributed by atoms with Crippen molar-refractivity contribution in [2.24, 2.45) is 4.99 Å². The molecule has 0 fully saturated rings. The Morgan fingerprint density at radius 2 is 2.26 bits per heavy atom. The quantitative estimate of drug-likeness (QED) is 0.316. The minimum atomic E-state index is 0.195. The summed E-state index contributed by atoms with van der Waals surface area (Å²) in [7, 11) is 3.35. The predicted molar refractivity (Wildman–Crippen MR) is 105 cm³/mol. The van der Waals surface area contributed by atoms with Gasteiger partial charge in [-0.2, -0.15) is 0 Å². The largest absolute Gasteiger partial charge is 0.496 e. The van der Waals surface area contributed by atoms with E-state index in [0.29, 0.717) is 12.4 Å². The van der Waals surface area contributed by atoms with E-state index in [-0.39, 0.29) is 5.28 Å². The molecule has 1 aromatic carbocycles. The number of ether oxygens (including phenoxy) is 1. The molecule has 0 aliphatic heterocycles. The van der Waals surface area contributed by atoms with Crippen LogP contribution in [0, 0.1) is 3.57 Å². The van der Waals surface area contributed by atoms with Crippen LogP contribution >= 0.6 is 34.2 Å². The third kappa shape index (κ3) is 4.65. The first-order valence-corrected chi connectivity index (χ1v) is 8.22. The molecule has 5 nitrogen and oxygen atoms in total. The number of rotatable bonds is 6. The van der Waals surface area contributed by atoms with Crippen LogP contribution in [0.15, 0.2) is 41.4 Å². The molecular weight excluding hydrogens is 427 g/mol. The van der Waals surface area contributed by atoms with Crippen LogP contribution in [0.1, 0.15) is 0 Å². The molecular formula is C16H16ClIN4O. The minimum absolute atomic E-state index is 0.195. The van der Waals surface area contributed by atoms with E-state index in [1.807, 2.05) is 24.3 Å². The molecule has 0 saturated carbocycles. The molecule has 0 radical (unpaired) electrons. The molecule has 0 amide bonds. The number of aromatic nitrogens is 2. The zero-order chi connectivity index (χ0) is 16.8. The number of allylic oxidation sites excluding steroid dienone is 1. The summed E-state index contributed by atoms with van der Waals surface area (Å²) in [5.74, 6) is 1.42. The third-order valence-electron chi connectivity index (χ3n) is 2.99. The molecule has 1 aromatic heterocycles. The van der Waals surface area contributed by atoms with E-state index in [9.17, 15) is 0 Å². The van der Waals surface area contributed by atoms with E-state index in [1.165, 1.54) is 0 Å². The third-order valence-corrected chi connectivity index (χ3v) is 4.00. The number of methoxy groups -OCH3 is 1. The lowest BCUT2D eigenvalue weighted by molar-refractivity contribution is 0.412. The maximum Gasteiger partial charge on any atom is 0.224 e. The van der Waals surface area contributed by atoms with Gasteiger partial charge in [-0.25, -0.2) is 9.97 Å².